The summed E-state index contributed by atoms with van der Waals surface area (Å²) in [7, 11) is -1.47. The van der Waals surface area contributed by atoms with E-state index < -0.39 is 8.60 Å². The summed E-state index contributed by atoms with van der Waals surface area (Å²) in [5.74, 6) is 7.57. The van der Waals surface area contributed by atoms with Crippen LogP contribution in [0.1, 0.15) is 19.3 Å². The molecule has 7 atom stereocenters. The van der Waals surface area contributed by atoms with Gasteiger partial charge in [0.05, 0.1) is 6.61 Å². The molecule has 0 saturated heterocycles. The normalized spacial score (nSPS) is 36.0. The standard InChI is InChI=1S/C25H27O3P/c1-3-7-21(8-4-1)27-29(28-22-9-5-2-6-10-22)26-16-20-14-19-15-23(20)25-18-12-11-17(13-18)24(19)25/h1-12,17-20,23-25H,13-16H2. The van der Waals surface area contributed by atoms with E-state index in [0.717, 1.165) is 53.6 Å². The van der Waals surface area contributed by atoms with Gasteiger partial charge in [-0.15, -0.1) is 0 Å². The molecule has 3 nitrogen and oxygen atoms in total. The maximum absolute atomic E-state index is 6.32. The lowest BCUT2D eigenvalue weighted by Crippen LogP contribution is -2.32. The molecule has 4 heteroatoms. The van der Waals surface area contributed by atoms with Gasteiger partial charge in [0, 0.05) is 0 Å². The fourth-order valence-corrected chi connectivity index (χ4v) is 7.75. The van der Waals surface area contributed by atoms with Crippen LogP contribution >= 0.6 is 8.60 Å². The Hall–Kier alpha value is -1.83. The van der Waals surface area contributed by atoms with E-state index in [2.05, 4.69) is 12.2 Å². The highest BCUT2D eigenvalue weighted by Gasteiger charge is 2.60. The molecule has 2 aromatic rings. The highest BCUT2D eigenvalue weighted by atomic mass is 31.2. The molecule has 0 heterocycles. The smallest absolute Gasteiger partial charge is 0.418 e. The number of para-hydroxylation sites is 2. The van der Waals surface area contributed by atoms with Crippen LogP contribution in [0.2, 0.25) is 0 Å². The third-order valence-corrected chi connectivity index (χ3v) is 8.73. The van der Waals surface area contributed by atoms with Crippen LogP contribution in [-0.2, 0) is 4.52 Å². The van der Waals surface area contributed by atoms with Crippen molar-refractivity contribution in [2.45, 2.75) is 19.3 Å². The Labute approximate surface area is 174 Å². The van der Waals surface area contributed by atoms with Gasteiger partial charge in [-0.05, 0) is 85.0 Å². The molecule has 150 valence electrons. The lowest BCUT2D eigenvalue weighted by Gasteiger charge is -2.36. The molecule has 4 aliphatic carbocycles. The first-order valence-electron chi connectivity index (χ1n) is 10.9. The molecule has 0 spiro atoms. The maximum Gasteiger partial charge on any atom is 0.463 e. The zero-order valence-electron chi connectivity index (χ0n) is 16.5. The number of rotatable bonds is 7. The molecule has 2 aromatic carbocycles. The van der Waals surface area contributed by atoms with E-state index in [1.807, 2.05) is 60.7 Å². The fraction of sp³-hybridized carbons (Fsp3) is 0.440. The van der Waals surface area contributed by atoms with Crippen LogP contribution in [0.5, 0.6) is 11.5 Å². The zero-order chi connectivity index (χ0) is 19.2. The van der Waals surface area contributed by atoms with E-state index >= 15 is 0 Å². The molecule has 6 rings (SSSR count). The first-order chi connectivity index (χ1) is 14.3. The van der Waals surface area contributed by atoms with Crippen molar-refractivity contribution in [2.75, 3.05) is 6.61 Å². The van der Waals surface area contributed by atoms with Gasteiger partial charge in [0.15, 0.2) is 0 Å². The summed E-state index contributed by atoms with van der Waals surface area (Å²) < 4.78 is 18.5. The molecular formula is C25H27O3P. The Bertz CT molecular complexity index is 829. The molecule has 3 saturated carbocycles. The summed E-state index contributed by atoms with van der Waals surface area (Å²) in [6, 6.07) is 19.7. The number of allylic oxidation sites excluding steroid dienone is 2. The molecule has 0 radical (unpaired) electrons. The largest absolute Gasteiger partial charge is 0.463 e. The van der Waals surface area contributed by atoms with Gasteiger partial charge in [0.25, 0.3) is 0 Å². The second-order valence-corrected chi connectivity index (χ2v) is 10.2. The number of fused-ring (bicyclic) bond motifs is 9. The van der Waals surface area contributed by atoms with E-state index in [1.165, 1.54) is 19.3 Å². The Balaban J connectivity index is 1.13. The van der Waals surface area contributed by atoms with Gasteiger partial charge in [-0.25, -0.2) is 0 Å². The van der Waals surface area contributed by atoms with Crippen molar-refractivity contribution in [1.82, 2.24) is 0 Å². The highest BCUT2D eigenvalue weighted by Crippen LogP contribution is 2.67. The molecule has 29 heavy (non-hydrogen) atoms. The number of benzene rings is 2. The van der Waals surface area contributed by atoms with Gasteiger partial charge in [-0.1, -0.05) is 48.6 Å². The van der Waals surface area contributed by atoms with Crippen molar-refractivity contribution >= 4 is 8.60 Å². The minimum Gasteiger partial charge on any atom is -0.418 e. The second-order valence-electron chi connectivity index (χ2n) is 9.09. The van der Waals surface area contributed by atoms with Crippen molar-refractivity contribution in [3.8, 4) is 11.5 Å². The van der Waals surface area contributed by atoms with E-state index in [0.29, 0.717) is 5.92 Å². The van der Waals surface area contributed by atoms with Gasteiger partial charge in [0.2, 0.25) is 0 Å². The van der Waals surface area contributed by atoms with Crippen molar-refractivity contribution in [3.63, 3.8) is 0 Å². The van der Waals surface area contributed by atoms with Gasteiger partial charge in [-0.3, -0.25) is 4.52 Å². The molecule has 0 N–H and O–H groups in total. The quantitative estimate of drug-likeness (QED) is 0.299. The lowest BCUT2D eigenvalue weighted by atomic mass is 9.70. The molecule has 4 aliphatic rings. The molecule has 0 aliphatic heterocycles. The van der Waals surface area contributed by atoms with Crippen molar-refractivity contribution < 1.29 is 13.6 Å². The minimum absolute atomic E-state index is 0.651. The third-order valence-electron chi connectivity index (χ3n) is 7.65. The fourth-order valence-electron chi connectivity index (χ4n) is 6.71. The van der Waals surface area contributed by atoms with Gasteiger partial charge in [-0.2, -0.15) is 0 Å². The summed E-state index contributed by atoms with van der Waals surface area (Å²) in [5, 5.41) is 0. The Morgan fingerprint density at radius 1 is 0.724 bits per heavy atom. The average Bonchev–Trinajstić information content (AvgIpc) is 3.53. The van der Waals surface area contributed by atoms with Crippen molar-refractivity contribution in [2.24, 2.45) is 41.4 Å². The first-order valence-corrected chi connectivity index (χ1v) is 12.0. The van der Waals surface area contributed by atoms with Gasteiger partial charge < -0.3 is 9.05 Å². The Morgan fingerprint density at radius 3 is 2.00 bits per heavy atom. The van der Waals surface area contributed by atoms with Crippen LogP contribution in [0.3, 0.4) is 0 Å². The molecule has 0 aromatic heterocycles. The van der Waals surface area contributed by atoms with Crippen LogP contribution in [0.25, 0.3) is 0 Å². The van der Waals surface area contributed by atoms with E-state index in [-0.39, 0.29) is 0 Å². The van der Waals surface area contributed by atoms with E-state index in [1.54, 1.807) is 0 Å². The van der Waals surface area contributed by atoms with E-state index in [4.69, 9.17) is 13.6 Å². The minimum atomic E-state index is -1.47. The van der Waals surface area contributed by atoms with Gasteiger partial charge in [0.1, 0.15) is 11.5 Å². The summed E-state index contributed by atoms with van der Waals surface area (Å²) in [5.41, 5.74) is 0. The van der Waals surface area contributed by atoms with Crippen LogP contribution in [0.4, 0.5) is 0 Å². The lowest BCUT2D eigenvalue weighted by molar-refractivity contribution is 0.104. The van der Waals surface area contributed by atoms with Gasteiger partial charge >= 0.3 is 8.60 Å². The number of hydrogen-bond acceptors (Lipinski definition) is 3. The van der Waals surface area contributed by atoms with Crippen LogP contribution in [0, 0.1) is 41.4 Å². The molecule has 3 fully saturated rings. The summed E-state index contributed by atoms with van der Waals surface area (Å²) >= 11 is 0. The summed E-state index contributed by atoms with van der Waals surface area (Å²) in [6.45, 7) is 0.747. The molecule has 7 unspecified atom stereocenters. The topological polar surface area (TPSA) is 27.7 Å². The Morgan fingerprint density at radius 2 is 1.34 bits per heavy atom. The highest BCUT2D eigenvalue weighted by molar-refractivity contribution is 7.42. The first kappa shape index (κ1) is 18.0. The Kier molecular flexibility index (Phi) is 4.62. The SMILES string of the molecule is C1=CC2CC1C1C3CC(COP(Oc4ccccc4)Oc4ccccc4)C(C3)C21. The van der Waals surface area contributed by atoms with Crippen LogP contribution < -0.4 is 9.05 Å². The summed E-state index contributed by atoms with van der Waals surface area (Å²) in [4.78, 5) is 0. The van der Waals surface area contributed by atoms with Crippen molar-refractivity contribution in [1.29, 1.82) is 0 Å². The molecule has 0 amide bonds. The molecular weight excluding hydrogens is 379 g/mol. The predicted octanol–water partition coefficient (Wildman–Crippen LogP) is 6.48. The summed E-state index contributed by atoms with van der Waals surface area (Å²) in [6.07, 6.45) is 9.17. The van der Waals surface area contributed by atoms with E-state index in [9.17, 15) is 0 Å². The maximum atomic E-state index is 6.32. The molecule has 4 bridgehead atoms. The number of hydrogen-bond donors (Lipinski definition) is 0. The third kappa shape index (κ3) is 3.29. The monoisotopic (exact) mass is 406 g/mol. The average molecular weight is 406 g/mol. The van der Waals surface area contributed by atoms with Crippen LogP contribution in [-0.4, -0.2) is 6.61 Å². The zero-order valence-corrected chi connectivity index (χ0v) is 17.4. The predicted molar refractivity (Wildman–Crippen MR) is 114 cm³/mol. The van der Waals surface area contributed by atoms with Crippen LogP contribution in [0.15, 0.2) is 72.8 Å². The van der Waals surface area contributed by atoms with Crippen molar-refractivity contribution in [3.05, 3.63) is 72.8 Å². The second kappa shape index (κ2) is 7.45.